The van der Waals surface area contributed by atoms with E-state index >= 15 is 0 Å². The second kappa shape index (κ2) is 11.7. The number of hydrogen-bond donors (Lipinski definition) is 3. The van der Waals surface area contributed by atoms with Gasteiger partial charge in [-0.3, -0.25) is 4.79 Å². The number of hydrogen-bond acceptors (Lipinski definition) is 3. The normalized spacial score (nSPS) is 11.1. The Labute approximate surface area is 171 Å². The average molecular weight is 400 g/mol. The molecule has 0 spiro atoms. The molecule has 2 aromatic rings. The van der Waals surface area contributed by atoms with Crippen LogP contribution < -0.4 is 20.7 Å². The van der Waals surface area contributed by atoms with Gasteiger partial charge in [-0.2, -0.15) is 0 Å². The Morgan fingerprint density at radius 1 is 1.10 bits per heavy atom. The van der Waals surface area contributed by atoms with E-state index in [9.17, 15) is 9.18 Å². The van der Waals surface area contributed by atoms with Gasteiger partial charge in [-0.1, -0.05) is 18.2 Å². The molecule has 0 saturated carbocycles. The molecule has 2 rings (SSSR count). The number of nitrogens with one attached hydrogen (secondary N) is 3. The van der Waals surface area contributed by atoms with Crippen molar-refractivity contribution in [2.24, 2.45) is 4.99 Å². The van der Waals surface area contributed by atoms with Gasteiger partial charge in [0.1, 0.15) is 18.1 Å². The summed E-state index contributed by atoms with van der Waals surface area (Å²) in [6.45, 7) is 5.64. The van der Waals surface area contributed by atoms with Gasteiger partial charge in [0.05, 0.1) is 7.11 Å². The Balaban J connectivity index is 1.79. The van der Waals surface area contributed by atoms with Crippen molar-refractivity contribution in [3.05, 3.63) is 65.0 Å². The van der Waals surface area contributed by atoms with Crippen LogP contribution in [0.4, 0.5) is 4.39 Å². The summed E-state index contributed by atoms with van der Waals surface area (Å²) in [4.78, 5) is 16.4. The van der Waals surface area contributed by atoms with Gasteiger partial charge in [-0.15, -0.1) is 0 Å². The highest BCUT2D eigenvalue weighted by Gasteiger charge is 2.04. The molecule has 7 heteroatoms. The first-order valence-electron chi connectivity index (χ1n) is 9.68. The fourth-order valence-corrected chi connectivity index (χ4v) is 2.75. The highest BCUT2D eigenvalue weighted by atomic mass is 19.1. The van der Waals surface area contributed by atoms with Gasteiger partial charge in [0.2, 0.25) is 5.91 Å². The molecule has 0 atom stereocenters. The number of methoxy groups -OCH3 is 1. The molecule has 0 fully saturated rings. The molecule has 2 aromatic carbocycles. The number of benzene rings is 2. The molecule has 0 saturated heterocycles. The van der Waals surface area contributed by atoms with E-state index in [1.165, 1.54) is 12.1 Å². The minimum absolute atomic E-state index is 0.0288. The number of rotatable bonds is 9. The van der Waals surface area contributed by atoms with Crippen molar-refractivity contribution in [3.63, 3.8) is 0 Å². The van der Waals surface area contributed by atoms with E-state index in [-0.39, 0.29) is 18.3 Å². The topological polar surface area (TPSA) is 74.8 Å². The lowest BCUT2D eigenvalue weighted by molar-refractivity contribution is -0.119. The summed E-state index contributed by atoms with van der Waals surface area (Å²) in [6.07, 6.45) is 0.736. The van der Waals surface area contributed by atoms with Crippen LogP contribution in [0.15, 0.2) is 47.5 Å². The van der Waals surface area contributed by atoms with Gasteiger partial charge in [0, 0.05) is 19.6 Å². The van der Waals surface area contributed by atoms with Crippen LogP contribution in [0.1, 0.15) is 23.6 Å². The minimum atomic E-state index is -0.227. The van der Waals surface area contributed by atoms with Gasteiger partial charge < -0.3 is 20.7 Å². The molecule has 0 aliphatic heterocycles. The van der Waals surface area contributed by atoms with E-state index in [1.807, 2.05) is 38.1 Å². The summed E-state index contributed by atoms with van der Waals surface area (Å²) < 4.78 is 18.3. The number of aliphatic imine (C=N–C) groups is 1. The van der Waals surface area contributed by atoms with Crippen LogP contribution in [-0.2, 0) is 17.8 Å². The van der Waals surface area contributed by atoms with E-state index < -0.39 is 0 Å². The number of carbonyl (C=O) groups is 1. The minimum Gasteiger partial charge on any atom is -0.497 e. The summed E-state index contributed by atoms with van der Waals surface area (Å²) in [5.41, 5.74) is 2.99. The van der Waals surface area contributed by atoms with Crippen LogP contribution in [0.3, 0.4) is 0 Å². The second-order valence-corrected chi connectivity index (χ2v) is 6.57. The molecule has 0 radical (unpaired) electrons. The number of ether oxygens (including phenoxy) is 1. The lowest BCUT2D eigenvalue weighted by atomic mass is 10.1. The Kier molecular flexibility index (Phi) is 8.95. The molecule has 6 nitrogen and oxygen atoms in total. The van der Waals surface area contributed by atoms with Crippen molar-refractivity contribution < 1.29 is 13.9 Å². The molecule has 156 valence electrons. The molecule has 0 bridgehead atoms. The van der Waals surface area contributed by atoms with Crippen molar-refractivity contribution in [1.82, 2.24) is 16.0 Å². The molecule has 0 aromatic heterocycles. The number of aryl methyl sites for hydroxylation is 1. The molecular weight excluding hydrogens is 371 g/mol. The largest absolute Gasteiger partial charge is 0.497 e. The molecule has 0 unspecified atom stereocenters. The van der Waals surface area contributed by atoms with Crippen LogP contribution in [0.5, 0.6) is 5.75 Å². The predicted molar refractivity (Wildman–Crippen MR) is 114 cm³/mol. The van der Waals surface area contributed by atoms with Gasteiger partial charge in [0.25, 0.3) is 0 Å². The number of amides is 1. The molecular formula is C22H29FN4O2. The van der Waals surface area contributed by atoms with Gasteiger partial charge in [-0.25, -0.2) is 9.38 Å². The van der Waals surface area contributed by atoms with E-state index in [1.54, 1.807) is 13.2 Å². The lowest BCUT2D eigenvalue weighted by Crippen LogP contribution is -2.39. The molecule has 0 aliphatic carbocycles. The predicted octanol–water partition coefficient (Wildman–Crippen LogP) is 2.56. The van der Waals surface area contributed by atoms with Crippen LogP contribution >= 0.6 is 0 Å². The zero-order valence-electron chi connectivity index (χ0n) is 17.2. The van der Waals surface area contributed by atoms with Crippen LogP contribution in [0, 0.1) is 12.7 Å². The van der Waals surface area contributed by atoms with Crippen LogP contribution in [-0.4, -0.2) is 38.6 Å². The third kappa shape index (κ3) is 7.81. The van der Waals surface area contributed by atoms with Crippen molar-refractivity contribution >= 4 is 11.9 Å². The molecule has 0 aliphatic rings. The molecule has 3 N–H and O–H groups in total. The van der Waals surface area contributed by atoms with E-state index in [0.717, 1.165) is 28.9 Å². The van der Waals surface area contributed by atoms with Crippen molar-refractivity contribution in [3.8, 4) is 5.75 Å². The zero-order valence-corrected chi connectivity index (χ0v) is 17.2. The summed E-state index contributed by atoms with van der Waals surface area (Å²) in [5.74, 6) is 0.968. The van der Waals surface area contributed by atoms with Gasteiger partial charge in [0.15, 0.2) is 5.96 Å². The summed E-state index contributed by atoms with van der Waals surface area (Å²) >= 11 is 0. The first kappa shape index (κ1) is 22.2. The van der Waals surface area contributed by atoms with Crippen molar-refractivity contribution in [2.75, 3.05) is 26.7 Å². The van der Waals surface area contributed by atoms with Crippen molar-refractivity contribution in [2.45, 2.75) is 26.8 Å². The lowest BCUT2D eigenvalue weighted by Gasteiger charge is -2.12. The maximum Gasteiger partial charge on any atom is 0.242 e. The monoisotopic (exact) mass is 400 g/mol. The van der Waals surface area contributed by atoms with Gasteiger partial charge in [-0.05, 0) is 61.2 Å². The number of halogens is 1. The van der Waals surface area contributed by atoms with Crippen LogP contribution in [0.2, 0.25) is 0 Å². The second-order valence-electron chi connectivity index (χ2n) is 6.57. The first-order valence-corrected chi connectivity index (χ1v) is 9.68. The van der Waals surface area contributed by atoms with E-state index in [2.05, 4.69) is 20.9 Å². The van der Waals surface area contributed by atoms with Crippen molar-refractivity contribution in [1.29, 1.82) is 0 Å². The molecule has 0 heterocycles. The zero-order chi connectivity index (χ0) is 21.1. The van der Waals surface area contributed by atoms with E-state index in [0.29, 0.717) is 25.6 Å². The number of guanidine groups is 1. The SMILES string of the molecule is CCNC(=NCC(=O)NCc1ccc(OC)cc1)NCCc1ccc(F)cc1C. The average Bonchev–Trinajstić information content (AvgIpc) is 2.72. The number of nitrogens with zero attached hydrogens (tertiary/aromatic N) is 1. The Morgan fingerprint density at radius 3 is 2.52 bits per heavy atom. The summed E-state index contributed by atoms with van der Waals surface area (Å²) in [7, 11) is 1.62. The molecule has 29 heavy (non-hydrogen) atoms. The molecule has 1 amide bonds. The fourth-order valence-electron chi connectivity index (χ4n) is 2.75. The first-order chi connectivity index (χ1) is 14.0. The summed E-state index contributed by atoms with van der Waals surface area (Å²) in [6, 6.07) is 12.3. The maximum atomic E-state index is 13.2. The third-order valence-corrected chi connectivity index (χ3v) is 4.37. The Bertz CT molecular complexity index is 822. The number of carbonyl (C=O) groups excluding carboxylic acids is 1. The quantitative estimate of drug-likeness (QED) is 0.447. The highest BCUT2D eigenvalue weighted by molar-refractivity contribution is 5.84. The van der Waals surface area contributed by atoms with E-state index in [4.69, 9.17) is 4.74 Å². The Morgan fingerprint density at radius 2 is 1.86 bits per heavy atom. The van der Waals surface area contributed by atoms with Gasteiger partial charge >= 0.3 is 0 Å². The standard InChI is InChI=1S/C22H29FN4O2/c1-4-24-22(25-12-11-18-7-8-19(23)13-16(18)2)27-15-21(28)26-14-17-5-9-20(29-3)10-6-17/h5-10,13H,4,11-12,14-15H2,1-3H3,(H,26,28)(H2,24,25,27). The van der Waals surface area contributed by atoms with Crippen LogP contribution in [0.25, 0.3) is 0 Å². The highest BCUT2D eigenvalue weighted by Crippen LogP contribution is 2.11. The Hall–Kier alpha value is -3.09. The maximum absolute atomic E-state index is 13.2. The summed E-state index contributed by atoms with van der Waals surface area (Å²) in [5, 5.41) is 9.17. The fraction of sp³-hybridized carbons (Fsp3) is 0.364. The smallest absolute Gasteiger partial charge is 0.242 e. The third-order valence-electron chi connectivity index (χ3n) is 4.37.